The van der Waals surface area contributed by atoms with Crippen LogP contribution in [0.5, 0.6) is 0 Å². The molecule has 1 heterocycles. The number of benzene rings is 2. The third-order valence-corrected chi connectivity index (χ3v) is 7.33. The first-order valence-electron chi connectivity index (χ1n) is 8.98. The van der Waals surface area contributed by atoms with E-state index in [0.29, 0.717) is 22.8 Å². The number of aryl methyl sites for hydroxylation is 1. The van der Waals surface area contributed by atoms with Crippen LogP contribution in [-0.2, 0) is 10.0 Å². The van der Waals surface area contributed by atoms with Crippen molar-refractivity contribution in [2.24, 2.45) is 0 Å². The number of amides is 1. The van der Waals surface area contributed by atoms with Gasteiger partial charge in [-0.25, -0.2) is 8.42 Å². The molecule has 3 rings (SSSR count). The maximum atomic E-state index is 12.8. The quantitative estimate of drug-likeness (QED) is 0.814. The minimum atomic E-state index is -3.54. The molecular weight excluding hydrogens is 384 g/mol. The van der Waals surface area contributed by atoms with Crippen molar-refractivity contribution in [1.82, 2.24) is 4.31 Å². The maximum absolute atomic E-state index is 12.8. The van der Waals surface area contributed by atoms with E-state index in [-0.39, 0.29) is 16.8 Å². The number of piperidine rings is 1. The highest BCUT2D eigenvalue weighted by Gasteiger charge is 2.30. The van der Waals surface area contributed by atoms with Gasteiger partial charge in [0, 0.05) is 28.9 Å². The fourth-order valence-corrected chi connectivity index (χ4v) is 5.10. The van der Waals surface area contributed by atoms with E-state index in [1.165, 1.54) is 24.3 Å². The SMILES string of the molecule is Cc1ccc(NC(=O)c2ccc(S(=O)(=O)N3CCCCC3C)cc2)cc1Cl. The summed E-state index contributed by atoms with van der Waals surface area (Å²) >= 11 is 6.08. The van der Waals surface area contributed by atoms with Crippen molar-refractivity contribution in [3.05, 3.63) is 58.6 Å². The van der Waals surface area contributed by atoms with Crippen LogP contribution in [0, 0.1) is 6.92 Å². The van der Waals surface area contributed by atoms with E-state index in [1.807, 2.05) is 19.9 Å². The number of anilines is 1. The van der Waals surface area contributed by atoms with Crippen molar-refractivity contribution in [2.45, 2.75) is 44.0 Å². The zero-order valence-electron chi connectivity index (χ0n) is 15.4. The van der Waals surface area contributed by atoms with Gasteiger partial charge in [0.05, 0.1) is 4.90 Å². The summed E-state index contributed by atoms with van der Waals surface area (Å²) in [4.78, 5) is 12.6. The summed E-state index contributed by atoms with van der Waals surface area (Å²) in [5, 5.41) is 3.35. The molecule has 0 aromatic heterocycles. The number of carbonyl (C=O) groups excluding carboxylic acids is 1. The second kappa shape index (κ2) is 8.00. The molecule has 1 aliphatic rings. The lowest BCUT2D eigenvalue weighted by Gasteiger charge is -2.32. The highest BCUT2D eigenvalue weighted by atomic mass is 35.5. The van der Waals surface area contributed by atoms with Crippen LogP contribution in [-0.4, -0.2) is 31.2 Å². The molecule has 5 nitrogen and oxygen atoms in total. The Bertz CT molecular complexity index is 942. The number of nitrogens with zero attached hydrogens (tertiary/aromatic N) is 1. The molecule has 0 radical (unpaired) electrons. The summed E-state index contributed by atoms with van der Waals surface area (Å²) in [6.45, 7) is 4.36. The Hall–Kier alpha value is -1.89. The first-order chi connectivity index (χ1) is 12.8. The van der Waals surface area contributed by atoms with Gasteiger partial charge >= 0.3 is 0 Å². The van der Waals surface area contributed by atoms with Gasteiger partial charge in [0.2, 0.25) is 10.0 Å². The van der Waals surface area contributed by atoms with Crippen molar-refractivity contribution in [1.29, 1.82) is 0 Å². The van der Waals surface area contributed by atoms with Gasteiger partial charge in [-0.3, -0.25) is 4.79 Å². The minimum absolute atomic E-state index is 0.00184. The molecule has 27 heavy (non-hydrogen) atoms. The van der Waals surface area contributed by atoms with Crippen LogP contribution in [0.1, 0.15) is 42.1 Å². The lowest BCUT2D eigenvalue weighted by atomic mass is 10.1. The number of rotatable bonds is 4. The van der Waals surface area contributed by atoms with Gasteiger partial charge in [0.1, 0.15) is 0 Å². The monoisotopic (exact) mass is 406 g/mol. The fraction of sp³-hybridized carbons (Fsp3) is 0.350. The zero-order valence-corrected chi connectivity index (χ0v) is 17.0. The summed E-state index contributed by atoms with van der Waals surface area (Å²) in [6, 6.07) is 11.3. The minimum Gasteiger partial charge on any atom is -0.322 e. The largest absolute Gasteiger partial charge is 0.322 e. The first-order valence-corrected chi connectivity index (χ1v) is 10.8. The molecule has 0 aliphatic carbocycles. The molecule has 0 saturated carbocycles. The van der Waals surface area contributed by atoms with Crippen LogP contribution in [0.4, 0.5) is 5.69 Å². The molecule has 1 unspecified atom stereocenters. The van der Waals surface area contributed by atoms with E-state index in [1.54, 1.807) is 16.4 Å². The lowest BCUT2D eigenvalue weighted by molar-refractivity contribution is 0.102. The van der Waals surface area contributed by atoms with Crippen LogP contribution in [0.2, 0.25) is 5.02 Å². The van der Waals surface area contributed by atoms with E-state index in [4.69, 9.17) is 11.6 Å². The molecule has 1 atom stereocenters. The van der Waals surface area contributed by atoms with E-state index in [2.05, 4.69) is 5.32 Å². The molecule has 1 aliphatic heterocycles. The number of hydrogen-bond acceptors (Lipinski definition) is 3. The fourth-order valence-electron chi connectivity index (χ4n) is 3.22. The number of halogens is 1. The number of carbonyl (C=O) groups is 1. The molecule has 0 bridgehead atoms. The second-order valence-corrected chi connectivity index (χ2v) is 9.20. The Morgan fingerprint density at radius 2 is 1.85 bits per heavy atom. The summed E-state index contributed by atoms with van der Waals surface area (Å²) < 4.78 is 27.3. The van der Waals surface area contributed by atoms with Gasteiger partial charge in [-0.15, -0.1) is 0 Å². The van der Waals surface area contributed by atoms with Crippen LogP contribution in [0.25, 0.3) is 0 Å². The third-order valence-electron chi connectivity index (χ3n) is 4.89. The van der Waals surface area contributed by atoms with Crippen molar-refractivity contribution in [2.75, 3.05) is 11.9 Å². The van der Waals surface area contributed by atoms with Crippen molar-refractivity contribution < 1.29 is 13.2 Å². The predicted molar refractivity (Wildman–Crippen MR) is 108 cm³/mol. The van der Waals surface area contributed by atoms with E-state index in [9.17, 15) is 13.2 Å². The molecule has 7 heteroatoms. The van der Waals surface area contributed by atoms with Gasteiger partial charge in [-0.05, 0) is 68.7 Å². The summed E-state index contributed by atoms with van der Waals surface area (Å²) in [6.07, 6.45) is 2.80. The van der Waals surface area contributed by atoms with Crippen molar-refractivity contribution in [3.8, 4) is 0 Å². The normalized spacial score (nSPS) is 18.3. The van der Waals surface area contributed by atoms with Crippen LogP contribution < -0.4 is 5.32 Å². The molecule has 2 aromatic rings. The molecule has 1 fully saturated rings. The van der Waals surface area contributed by atoms with E-state index in [0.717, 1.165) is 24.8 Å². The standard InChI is InChI=1S/C20H23ClN2O3S/c1-14-6-9-17(13-19(14)21)22-20(24)16-7-10-18(11-8-16)27(25,26)23-12-4-3-5-15(23)2/h6-11,13,15H,3-5,12H2,1-2H3,(H,22,24). The molecule has 1 N–H and O–H groups in total. The molecule has 144 valence electrons. The van der Waals surface area contributed by atoms with Crippen molar-refractivity contribution in [3.63, 3.8) is 0 Å². The van der Waals surface area contributed by atoms with Gasteiger partial charge in [0.15, 0.2) is 0 Å². The third kappa shape index (κ3) is 4.34. The van der Waals surface area contributed by atoms with Gasteiger partial charge in [-0.2, -0.15) is 4.31 Å². The average molecular weight is 407 g/mol. The first kappa shape index (κ1) is 19.9. The van der Waals surface area contributed by atoms with Gasteiger partial charge < -0.3 is 5.32 Å². The van der Waals surface area contributed by atoms with Crippen LogP contribution in [0.15, 0.2) is 47.4 Å². The Balaban J connectivity index is 1.76. The van der Waals surface area contributed by atoms with Crippen LogP contribution in [0.3, 0.4) is 0 Å². The Kier molecular flexibility index (Phi) is 5.89. The second-order valence-electron chi connectivity index (χ2n) is 6.90. The molecule has 2 aromatic carbocycles. The smallest absolute Gasteiger partial charge is 0.255 e. The summed E-state index contributed by atoms with van der Waals surface area (Å²) in [5.41, 5.74) is 1.91. The number of nitrogens with one attached hydrogen (secondary N) is 1. The topological polar surface area (TPSA) is 66.5 Å². The highest BCUT2D eigenvalue weighted by Crippen LogP contribution is 2.25. The predicted octanol–water partition coefficient (Wildman–Crippen LogP) is 4.46. The molecule has 1 saturated heterocycles. The zero-order chi connectivity index (χ0) is 19.6. The Morgan fingerprint density at radius 3 is 2.48 bits per heavy atom. The van der Waals surface area contributed by atoms with E-state index >= 15 is 0 Å². The average Bonchev–Trinajstić information content (AvgIpc) is 2.65. The Morgan fingerprint density at radius 1 is 1.15 bits per heavy atom. The van der Waals surface area contributed by atoms with Crippen molar-refractivity contribution >= 4 is 33.2 Å². The van der Waals surface area contributed by atoms with Crippen LogP contribution >= 0.6 is 11.6 Å². The van der Waals surface area contributed by atoms with E-state index < -0.39 is 10.0 Å². The van der Waals surface area contributed by atoms with Gasteiger partial charge in [0.25, 0.3) is 5.91 Å². The highest BCUT2D eigenvalue weighted by molar-refractivity contribution is 7.89. The lowest BCUT2D eigenvalue weighted by Crippen LogP contribution is -2.41. The van der Waals surface area contributed by atoms with Gasteiger partial charge in [-0.1, -0.05) is 24.1 Å². The molecular formula is C20H23ClN2O3S. The Labute approximate surface area is 165 Å². The molecule has 1 amide bonds. The number of sulfonamides is 1. The summed E-state index contributed by atoms with van der Waals surface area (Å²) in [5.74, 6) is -0.315. The number of hydrogen-bond donors (Lipinski definition) is 1. The summed E-state index contributed by atoms with van der Waals surface area (Å²) in [7, 11) is -3.54. The maximum Gasteiger partial charge on any atom is 0.255 e. The molecule has 0 spiro atoms.